The molecule has 6 nitrogen and oxygen atoms in total. The van der Waals surface area contributed by atoms with Crippen LogP contribution >= 0.6 is 0 Å². The van der Waals surface area contributed by atoms with Crippen molar-refractivity contribution in [2.24, 2.45) is 0 Å². The van der Waals surface area contributed by atoms with Crippen LogP contribution in [0.3, 0.4) is 0 Å². The Hall–Kier alpha value is -1.43. The van der Waals surface area contributed by atoms with Crippen LogP contribution in [0.4, 0.5) is 0 Å². The highest BCUT2D eigenvalue weighted by Gasteiger charge is 2.00. The minimum absolute atomic E-state index is 0.0869. The lowest BCUT2D eigenvalue weighted by molar-refractivity contribution is -0.121. The van der Waals surface area contributed by atoms with E-state index < -0.39 is 0 Å². The van der Waals surface area contributed by atoms with E-state index in [0.29, 0.717) is 13.0 Å². The quantitative estimate of drug-likeness (QED) is 0.562. The van der Waals surface area contributed by atoms with E-state index in [2.05, 4.69) is 15.4 Å². The predicted octanol–water partition coefficient (Wildman–Crippen LogP) is -1.22. The van der Waals surface area contributed by atoms with Crippen LogP contribution in [-0.2, 0) is 11.3 Å². The first kappa shape index (κ1) is 9.66. The summed E-state index contributed by atoms with van der Waals surface area (Å²) in [5, 5.41) is 14.9. The van der Waals surface area contributed by atoms with Crippen molar-refractivity contribution in [2.45, 2.75) is 13.0 Å². The molecule has 0 aliphatic carbocycles. The Morgan fingerprint density at radius 3 is 3.08 bits per heavy atom. The number of carbonyl (C=O) groups excluding carboxylic acids is 1. The van der Waals surface area contributed by atoms with Gasteiger partial charge in [-0.1, -0.05) is 0 Å². The van der Waals surface area contributed by atoms with Crippen molar-refractivity contribution in [3.8, 4) is 0 Å². The van der Waals surface area contributed by atoms with Crippen LogP contribution in [0.5, 0.6) is 0 Å². The van der Waals surface area contributed by atoms with Crippen LogP contribution in [0.25, 0.3) is 0 Å². The molecule has 0 radical (unpaired) electrons. The standard InChI is InChI=1S/C7H12N4O2/c12-3-1-2-9-7(13)4-11-6-8-5-10-11/h5-6,12H,1-4H2,(H,9,13). The Balaban J connectivity index is 2.18. The van der Waals surface area contributed by atoms with Gasteiger partial charge in [0.25, 0.3) is 0 Å². The minimum atomic E-state index is -0.126. The third kappa shape index (κ3) is 3.66. The van der Waals surface area contributed by atoms with Gasteiger partial charge in [-0.05, 0) is 6.42 Å². The molecular formula is C7H12N4O2. The number of hydrogen-bond acceptors (Lipinski definition) is 4. The second-order valence-electron chi connectivity index (χ2n) is 2.52. The van der Waals surface area contributed by atoms with Gasteiger partial charge in [-0.2, -0.15) is 5.10 Å². The van der Waals surface area contributed by atoms with Crippen molar-refractivity contribution in [2.75, 3.05) is 13.2 Å². The van der Waals surface area contributed by atoms with E-state index in [9.17, 15) is 4.79 Å². The number of aliphatic hydroxyl groups excluding tert-OH is 1. The van der Waals surface area contributed by atoms with Gasteiger partial charge >= 0.3 is 0 Å². The largest absolute Gasteiger partial charge is 0.396 e. The average molecular weight is 184 g/mol. The molecule has 13 heavy (non-hydrogen) atoms. The lowest BCUT2D eigenvalue weighted by Gasteiger charge is -2.02. The second kappa shape index (κ2) is 5.26. The van der Waals surface area contributed by atoms with Gasteiger partial charge in [-0.15, -0.1) is 0 Å². The molecular weight excluding hydrogens is 172 g/mol. The predicted molar refractivity (Wildman–Crippen MR) is 44.7 cm³/mol. The molecule has 0 saturated heterocycles. The van der Waals surface area contributed by atoms with Crippen molar-refractivity contribution in [3.05, 3.63) is 12.7 Å². The maximum Gasteiger partial charge on any atom is 0.241 e. The topological polar surface area (TPSA) is 80.0 Å². The summed E-state index contributed by atoms with van der Waals surface area (Å²) >= 11 is 0. The summed E-state index contributed by atoms with van der Waals surface area (Å²) in [4.78, 5) is 14.8. The van der Waals surface area contributed by atoms with Crippen molar-refractivity contribution in [1.29, 1.82) is 0 Å². The highest BCUT2D eigenvalue weighted by molar-refractivity contribution is 5.75. The normalized spacial score (nSPS) is 9.92. The van der Waals surface area contributed by atoms with E-state index in [4.69, 9.17) is 5.11 Å². The van der Waals surface area contributed by atoms with Crippen LogP contribution < -0.4 is 5.32 Å². The summed E-state index contributed by atoms with van der Waals surface area (Å²) in [6.45, 7) is 0.749. The summed E-state index contributed by atoms with van der Waals surface area (Å²) in [6, 6.07) is 0. The maximum absolute atomic E-state index is 11.1. The molecule has 0 saturated carbocycles. The number of nitrogens with one attached hydrogen (secondary N) is 1. The zero-order valence-corrected chi connectivity index (χ0v) is 7.18. The number of aromatic nitrogens is 3. The Morgan fingerprint density at radius 2 is 2.46 bits per heavy atom. The van der Waals surface area contributed by atoms with Gasteiger partial charge in [-0.3, -0.25) is 4.79 Å². The van der Waals surface area contributed by atoms with E-state index in [0.717, 1.165) is 0 Å². The summed E-state index contributed by atoms with van der Waals surface area (Å²) in [7, 11) is 0. The molecule has 0 aliphatic heterocycles. The zero-order valence-electron chi connectivity index (χ0n) is 7.18. The van der Waals surface area contributed by atoms with E-state index >= 15 is 0 Å². The minimum Gasteiger partial charge on any atom is -0.396 e. The molecule has 1 heterocycles. The van der Waals surface area contributed by atoms with Crippen LogP contribution in [0.2, 0.25) is 0 Å². The number of amides is 1. The molecule has 0 unspecified atom stereocenters. The molecule has 2 N–H and O–H groups in total. The van der Waals surface area contributed by atoms with Gasteiger partial charge in [0, 0.05) is 13.2 Å². The summed E-state index contributed by atoms with van der Waals surface area (Å²) in [5.74, 6) is -0.126. The average Bonchev–Trinajstić information content (AvgIpc) is 2.57. The zero-order chi connectivity index (χ0) is 9.52. The highest BCUT2D eigenvalue weighted by Crippen LogP contribution is 1.80. The van der Waals surface area contributed by atoms with Crippen molar-refractivity contribution in [1.82, 2.24) is 20.1 Å². The SMILES string of the molecule is O=C(Cn1cncn1)NCCCO. The van der Waals surface area contributed by atoms with Gasteiger partial charge < -0.3 is 10.4 Å². The highest BCUT2D eigenvalue weighted by atomic mass is 16.3. The molecule has 1 aromatic heterocycles. The molecule has 0 aliphatic rings. The van der Waals surface area contributed by atoms with Crippen molar-refractivity contribution in [3.63, 3.8) is 0 Å². The fraction of sp³-hybridized carbons (Fsp3) is 0.571. The first-order valence-electron chi connectivity index (χ1n) is 4.03. The molecule has 1 rings (SSSR count). The van der Waals surface area contributed by atoms with E-state index in [1.807, 2.05) is 0 Å². The Morgan fingerprint density at radius 1 is 1.62 bits per heavy atom. The number of rotatable bonds is 5. The van der Waals surface area contributed by atoms with Crippen molar-refractivity contribution >= 4 is 5.91 Å². The number of carbonyl (C=O) groups is 1. The van der Waals surface area contributed by atoms with Gasteiger partial charge in [0.1, 0.15) is 19.2 Å². The molecule has 72 valence electrons. The van der Waals surface area contributed by atoms with Crippen LogP contribution in [-0.4, -0.2) is 38.9 Å². The third-order valence-electron chi connectivity index (χ3n) is 1.43. The first-order chi connectivity index (χ1) is 6.33. The Kier molecular flexibility index (Phi) is 3.90. The van der Waals surface area contributed by atoms with Crippen LogP contribution in [0.1, 0.15) is 6.42 Å². The molecule has 0 fully saturated rings. The van der Waals surface area contributed by atoms with Gasteiger partial charge in [0.15, 0.2) is 0 Å². The van der Waals surface area contributed by atoms with Gasteiger partial charge in [0.05, 0.1) is 0 Å². The molecule has 0 bridgehead atoms. The fourth-order valence-corrected chi connectivity index (χ4v) is 0.824. The second-order valence-corrected chi connectivity index (χ2v) is 2.52. The van der Waals surface area contributed by atoms with Gasteiger partial charge in [-0.25, -0.2) is 9.67 Å². The number of hydrogen-bond donors (Lipinski definition) is 2. The summed E-state index contributed by atoms with van der Waals surface area (Å²) < 4.78 is 1.44. The monoisotopic (exact) mass is 184 g/mol. The molecule has 0 aromatic carbocycles. The van der Waals surface area contributed by atoms with E-state index in [1.54, 1.807) is 0 Å². The third-order valence-corrected chi connectivity index (χ3v) is 1.43. The van der Waals surface area contributed by atoms with E-state index in [-0.39, 0.29) is 19.1 Å². The number of nitrogens with zero attached hydrogens (tertiary/aromatic N) is 3. The van der Waals surface area contributed by atoms with Gasteiger partial charge in [0.2, 0.25) is 5.91 Å². The summed E-state index contributed by atoms with van der Waals surface area (Å²) in [6.07, 6.45) is 3.43. The molecule has 0 atom stereocenters. The maximum atomic E-state index is 11.1. The lowest BCUT2D eigenvalue weighted by Crippen LogP contribution is -2.29. The lowest BCUT2D eigenvalue weighted by atomic mass is 10.4. The van der Waals surface area contributed by atoms with Crippen LogP contribution in [0, 0.1) is 0 Å². The molecule has 0 spiro atoms. The molecule has 1 amide bonds. The number of aliphatic hydroxyl groups is 1. The van der Waals surface area contributed by atoms with E-state index in [1.165, 1.54) is 17.3 Å². The first-order valence-corrected chi connectivity index (χ1v) is 4.03. The van der Waals surface area contributed by atoms with Crippen molar-refractivity contribution < 1.29 is 9.90 Å². The summed E-state index contributed by atoms with van der Waals surface area (Å²) in [5.41, 5.74) is 0. The van der Waals surface area contributed by atoms with Crippen LogP contribution in [0.15, 0.2) is 12.7 Å². The Bertz CT molecular complexity index is 247. The smallest absolute Gasteiger partial charge is 0.241 e. The Labute approximate surface area is 75.6 Å². The fourth-order valence-electron chi connectivity index (χ4n) is 0.824. The molecule has 6 heteroatoms. The molecule has 1 aromatic rings.